The Hall–Kier alpha value is -0.830. The van der Waals surface area contributed by atoms with Crippen LogP contribution in [0.3, 0.4) is 0 Å². The van der Waals surface area contributed by atoms with Crippen molar-refractivity contribution in [3.63, 3.8) is 0 Å². The average Bonchev–Trinajstić information content (AvgIpc) is 2.36. The van der Waals surface area contributed by atoms with E-state index < -0.39 is 0 Å². The van der Waals surface area contributed by atoms with E-state index in [4.69, 9.17) is 4.74 Å². The summed E-state index contributed by atoms with van der Waals surface area (Å²) in [6.45, 7) is 4.92. The summed E-state index contributed by atoms with van der Waals surface area (Å²) in [7, 11) is 0. The van der Waals surface area contributed by atoms with E-state index in [0.717, 1.165) is 0 Å². The zero-order valence-electron chi connectivity index (χ0n) is 10.7. The third-order valence-electron chi connectivity index (χ3n) is 3.97. The molecule has 0 aromatic heterocycles. The molecule has 17 heavy (non-hydrogen) atoms. The van der Waals surface area contributed by atoms with Gasteiger partial charge in [-0.15, -0.1) is 0 Å². The summed E-state index contributed by atoms with van der Waals surface area (Å²) in [5.41, 5.74) is 0. The van der Waals surface area contributed by atoms with Crippen LogP contribution in [0, 0.1) is 5.92 Å². The van der Waals surface area contributed by atoms with Gasteiger partial charge in [0.25, 0.3) is 0 Å². The van der Waals surface area contributed by atoms with E-state index >= 15 is 0 Å². The lowest BCUT2D eigenvalue weighted by Crippen LogP contribution is -2.49. The number of nitrogens with zero attached hydrogens (tertiary/aromatic N) is 1. The van der Waals surface area contributed by atoms with E-state index in [9.17, 15) is 4.79 Å². The molecule has 0 saturated carbocycles. The van der Waals surface area contributed by atoms with Crippen LogP contribution in [0.2, 0.25) is 0 Å². The van der Waals surface area contributed by atoms with Gasteiger partial charge in [0.15, 0.2) is 0 Å². The van der Waals surface area contributed by atoms with Gasteiger partial charge in [-0.2, -0.15) is 0 Å². The number of hydrogen-bond donors (Lipinski definition) is 0. The number of carbonyl (C=O) groups is 1. The van der Waals surface area contributed by atoms with Gasteiger partial charge in [0, 0.05) is 18.0 Å². The minimum atomic E-state index is -0.194. The molecule has 2 atom stereocenters. The monoisotopic (exact) mass is 237 g/mol. The number of esters is 1. The van der Waals surface area contributed by atoms with Crippen LogP contribution in [0.1, 0.15) is 39.0 Å². The van der Waals surface area contributed by atoms with Crippen molar-refractivity contribution in [2.75, 3.05) is 19.7 Å². The van der Waals surface area contributed by atoms with E-state index in [1.807, 2.05) is 6.92 Å². The van der Waals surface area contributed by atoms with Gasteiger partial charge in [0.05, 0.1) is 6.61 Å². The van der Waals surface area contributed by atoms with Gasteiger partial charge in [0.1, 0.15) is 0 Å². The molecule has 2 heterocycles. The number of carbonyl (C=O) groups excluding carboxylic acids is 1. The lowest BCUT2D eigenvalue weighted by Gasteiger charge is -2.44. The zero-order valence-corrected chi connectivity index (χ0v) is 10.7. The zero-order chi connectivity index (χ0) is 12.1. The molecule has 0 amide bonds. The number of fused-ring (bicyclic) bond motifs is 1. The van der Waals surface area contributed by atoms with Crippen molar-refractivity contribution in [1.82, 2.24) is 4.90 Å². The van der Waals surface area contributed by atoms with Crippen molar-refractivity contribution in [3.8, 4) is 0 Å². The van der Waals surface area contributed by atoms with Crippen LogP contribution in [-0.4, -0.2) is 36.6 Å². The first kappa shape index (κ1) is 12.6. The van der Waals surface area contributed by atoms with Gasteiger partial charge < -0.3 is 4.74 Å². The SMILES string of the molecule is CC=CC(=O)OC[C@@H]1CCCN2CCCC[C@H]12. The smallest absolute Gasteiger partial charge is 0.330 e. The predicted octanol–water partition coefficient (Wildman–Crippen LogP) is 2.37. The average molecular weight is 237 g/mol. The second-order valence-corrected chi connectivity index (χ2v) is 5.13. The van der Waals surface area contributed by atoms with E-state index in [0.29, 0.717) is 18.6 Å². The summed E-state index contributed by atoms with van der Waals surface area (Å²) in [5.74, 6) is 0.360. The molecule has 2 saturated heterocycles. The fraction of sp³-hybridized carbons (Fsp3) is 0.786. The van der Waals surface area contributed by atoms with Gasteiger partial charge >= 0.3 is 5.97 Å². The highest BCUT2D eigenvalue weighted by Gasteiger charge is 2.33. The van der Waals surface area contributed by atoms with Crippen molar-refractivity contribution in [1.29, 1.82) is 0 Å². The molecule has 2 aliphatic heterocycles. The second kappa shape index (κ2) is 6.20. The highest BCUT2D eigenvalue weighted by molar-refractivity contribution is 5.81. The molecular weight excluding hydrogens is 214 g/mol. The number of allylic oxidation sites excluding steroid dienone is 1. The predicted molar refractivity (Wildman–Crippen MR) is 67.7 cm³/mol. The van der Waals surface area contributed by atoms with Crippen molar-refractivity contribution in [2.24, 2.45) is 5.92 Å². The van der Waals surface area contributed by atoms with Crippen LogP contribution in [0.4, 0.5) is 0 Å². The van der Waals surface area contributed by atoms with Gasteiger partial charge in [-0.3, -0.25) is 4.90 Å². The lowest BCUT2D eigenvalue weighted by molar-refractivity contribution is -0.140. The standard InChI is InChI=1S/C14H23NO2/c1-2-6-14(16)17-11-12-7-5-10-15-9-4-3-8-13(12)15/h2,6,12-13H,3-5,7-11H2,1H3/t12-,13+/m0/s1. The molecule has 0 spiro atoms. The van der Waals surface area contributed by atoms with Gasteiger partial charge in [-0.05, 0) is 45.7 Å². The van der Waals surface area contributed by atoms with Crippen molar-refractivity contribution >= 4 is 5.97 Å². The molecule has 2 fully saturated rings. The number of piperidine rings is 2. The summed E-state index contributed by atoms with van der Waals surface area (Å²) >= 11 is 0. The minimum Gasteiger partial charge on any atom is -0.462 e. The normalized spacial score (nSPS) is 30.2. The Morgan fingerprint density at radius 3 is 2.94 bits per heavy atom. The Kier molecular flexibility index (Phi) is 4.60. The summed E-state index contributed by atoms with van der Waals surface area (Å²) in [5, 5.41) is 0. The van der Waals surface area contributed by atoms with Crippen LogP contribution in [0.25, 0.3) is 0 Å². The Labute approximate surface area is 104 Å². The summed E-state index contributed by atoms with van der Waals surface area (Å²) in [6, 6.07) is 0.663. The molecule has 0 aromatic rings. The van der Waals surface area contributed by atoms with Crippen molar-refractivity contribution in [2.45, 2.75) is 45.1 Å². The number of rotatable bonds is 3. The molecule has 3 heteroatoms. The minimum absolute atomic E-state index is 0.194. The van der Waals surface area contributed by atoms with E-state index in [-0.39, 0.29) is 5.97 Å². The molecular formula is C14H23NO2. The fourth-order valence-electron chi connectivity index (χ4n) is 3.14. The number of ether oxygens (including phenoxy) is 1. The molecule has 0 bridgehead atoms. The third-order valence-corrected chi connectivity index (χ3v) is 3.97. The van der Waals surface area contributed by atoms with Crippen molar-refractivity contribution in [3.05, 3.63) is 12.2 Å². The first-order valence-corrected chi connectivity index (χ1v) is 6.85. The molecule has 0 unspecified atom stereocenters. The lowest BCUT2D eigenvalue weighted by atomic mass is 9.84. The Morgan fingerprint density at radius 2 is 2.12 bits per heavy atom. The highest BCUT2D eigenvalue weighted by Crippen LogP contribution is 2.30. The third kappa shape index (κ3) is 3.32. The molecule has 2 aliphatic rings. The second-order valence-electron chi connectivity index (χ2n) is 5.13. The van der Waals surface area contributed by atoms with Crippen LogP contribution in [-0.2, 0) is 9.53 Å². The highest BCUT2D eigenvalue weighted by atomic mass is 16.5. The maximum absolute atomic E-state index is 11.3. The summed E-state index contributed by atoms with van der Waals surface area (Å²) in [4.78, 5) is 13.9. The quantitative estimate of drug-likeness (QED) is 0.557. The Bertz CT molecular complexity index is 286. The molecule has 3 nitrogen and oxygen atoms in total. The molecule has 2 rings (SSSR count). The maximum Gasteiger partial charge on any atom is 0.330 e. The molecule has 0 N–H and O–H groups in total. The topological polar surface area (TPSA) is 29.5 Å². The van der Waals surface area contributed by atoms with Gasteiger partial charge in [0.2, 0.25) is 0 Å². The molecule has 0 radical (unpaired) electrons. The maximum atomic E-state index is 11.3. The largest absolute Gasteiger partial charge is 0.462 e. The first-order chi connectivity index (χ1) is 8.31. The first-order valence-electron chi connectivity index (χ1n) is 6.85. The fourth-order valence-corrected chi connectivity index (χ4v) is 3.14. The Morgan fingerprint density at radius 1 is 1.29 bits per heavy atom. The molecule has 96 valence electrons. The van der Waals surface area contributed by atoms with Crippen LogP contribution in [0.5, 0.6) is 0 Å². The van der Waals surface area contributed by atoms with Gasteiger partial charge in [-0.25, -0.2) is 4.79 Å². The van der Waals surface area contributed by atoms with Gasteiger partial charge in [-0.1, -0.05) is 12.5 Å². The molecule has 0 aliphatic carbocycles. The van der Waals surface area contributed by atoms with Crippen LogP contribution < -0.4 is 0 Å². The molecule has 0 aromatic carbocycles. The summed E-state index contributed by atoms with van der Waals surface area (Å²) < 4.78 is 5.32. The van der Waals surface area contributed by atoms with Crippen LogP contribution in [0.15, 0.2) is 12.2 Å². The van der Waals surface area contributed by atoms with Crippen molar-refractivity contribution < 1.29 is 9.53 Å². The van der Waals surface area contributed by atoms with E-state index in [2.05, 4.69) is 4.90 Å². The number of hydrogen-bond acceptors (Lipinski definition) is 3. The summed E-state index contributed by atoms with van der Waals surface area (Å²) in [6.07, 6.45) is 9.65. The van der Waals surface area contributed by atoms with E-state index in [1.165, 1.54) is 51.3 Å². The van der Waals surface area contributed by atoms with E-state index in [1.54, 1.807) is 6.08 Å². The Balaban J connectivity index is 1.84. The van der Waals surface area contributed by atoms with Crippen LogP contribution >= 0.6 is 0 Å².